The fourth-order valence-corrected chi connectivity index (χ4v) is 3.28. The molecule has 18 heavy (non-hydrogen) atoms. The molecule has 0 aromatic carbocycles. The Morgan fingerprint density at radius 1 is 1.33 bits per heavy atom. The largest absolute Gasteiger partial charge is 0.378 e. The SMILES string of the molecule is CCC(O)N1CC(F)(F)C[C@H]1C1CCN(C)CC1. The standard InChI is InChI=1S/C13H24F2N2O/c1-3-12(18)17-9-13(14,15)8-11(17)10-4-6-16(2)7-5-10/h10-12,18H,3-9H2,1-2H3/t11-,12?/m0/s1. The highest BCUT2D eigenvalue weighted by Crippen LogP contribution is 2.39. The molecule has 0 aromatic rings. The van der Waals surface area contributed by atoms with E-state index in [1.165, 1.54) is 0 Å². The zero-order valence-electron chi connectivity index (χ0n) is 11.3. The van der Waals surface area contributed by atoms with Crippen molar-refractivity contribution in [2.45, 2.75) is 50.8 Å². The van der Waals surface area contributed by atoms with Crippen molar-refractivity contribution in [2.24, 2.45) is 5.92 Å². The number of likely N-dealkylation sites (tertiary alicyclic amines) is 2. The first-order chi connectivity index (χ1) is 8.43. The normalized spacial score (nSPS) is 32.8. The van der Waals surface area contributed by atoms with Gasteiger partial charge in [0.15, 0.2) is 0 Å². The van der Waals surface area contributed by atoms with Crippen molar-refractivity contribution in [2.75, 3.05) is 26.7 Å². The molecule has 0 aliphatic carbocycles. The number of aliphatic hydroxyl groups excluding tert-OH is 1. The lowest BCUT2D eigenvalue weighted by Gasteiger charge is -2.38. The molecule has 2 aliphatic rings. The number of piperidine rings is 1. The maximum atomic E-state index is 13.6. The highest BCUT2D eigenvalue weighted by molar-refractivity contribution is 4.95. The molecule has 0 radical (unpaired) electrons. The second kappa shape index (κ2) is 5.39. The van der Waals surface area contributed by atoms with Gasteiger partial charge in [0, 0.05) is 12.5 Å². The summed E-state index contributed by atoms with van der Waals surface area (Å²) in [5.74, 6) is -2.33. The van der Waals surface area contributed by atoms with Crippen molar-refractivity contribution in [3.05, 3.63) is 0 Å². The summed E-state index contributed by atoms with van der Waals surface area (Å²) in [5, 5.41) is 9.93. The van der Waals surface area contributed by atoms with Gasteiger partial charge in [0.05, 0.1) is 6.54 Å². The number of hydrogen-bond acceptors (Lipinski definition) is 3. The van der Waals surface area contributed by atoms with E-state index in [1.54, 1.807) is 4.90 Å². The van der Waals surface area contributed by atoms with E-state index < -0.39 is 12.2 Å². The Labute approximate surface area is 108 Å². The summed E-state index contributed by atoms with van der Waals surface area (Å²) in [6.07, 6.45) is 1.63. The van der Waals surface area contributed by atoms with Crippen LogP contribution in [0.1, 0.15) is 32.6 Å². The first-order valence-electron chi connectivity index (χ1n) is 6.93. The predicted octanol–water partition coefficient (Wildman–Crippen LogP) is 1.77. The van der Waals surface area contributed by atoms with Crippen LogP contribution in [0.15, 0.2) is 0 Å². The molecule has 0 bridgehead atoms. The summed E-state index contributed by atoms with van der Waals surface area (Å²) >= 11 is 0. The van der Waals surface area contributed by atoms with Gasteiger partial charge in [-0.2, -0.15) is 0 Å². The number of rotatable bonds is 3. The lowest BCUT2D eigenvalue weighted by molar-refractivity contribution is -0.0457. The highest BCUT2D eigenvalue weighted by Gasteiger charge is 2.49. The van der Waals surface area contributed by atoms with Gasteiger partial charge in [-0.25, -0.2) is 8.78 Å². The average molecular weight is 262 g/mol. The molecule has 1 N–H and O–H groups in total. The molecule has 2 atom stereocenters. The predicted molar refractivity (Wildman–Crippen MR) is 66.6 cm³/mol. The molecule has 106 valence electrons. The van der Waals surface area contributed by atoms with Gasteiger partial charge in [-0.15, -0.1) is 0 Å². The second-order valence-electron chi connectivity index (χ2n) is 5.83. The Kier molecular flexibility index (Phi) is 4.24. The number of aliphatic hydroxyl groups is 1. The Morgan fingerprint density at radius 3 is 2.50 bits per heavy atom. The van der Waals surface area contributed by atoms with Gasteiger partial charge >= 0.3 is 0 Å². The minimum Gasteiger partial charge on any atom is -0.378 e. The summed E-state index contributed by atoms with van der Waals surface area (Å²) in [6, 6.07) is -0.149. The van der Waals surface area contributed by atoms with E-state index in [0.717, 1.165) is 25.9 Å². The molecular formula is C13H24F2N2O. The molecule has 2 saturated heterocycles. The van der Waals surface area contributed by atoms with E-state index in [-0.39, 0.29) is 19.0 Å². The van der Waals surface area contributed by atoms with Crippen molar-refractivity contribution in [1.82, 2.24) is 9.80 Å². The summed E-state index contributed by atoms with van der Waals surface area (Å²) < 4.78 is 27.2. The lowest BCUT2D eigenvalue weighted by Crippen LogP contribution is -2.45. The summed E-state index contributed by atoms with van der Waals surface area (Å²) in [7, 11) is 2.07. The number of alkyl halides is 2. The average Bonchev–Trinajstić information content (AvgIpc) is 2.65. The van der Waals surface area contributed by atoms with Crippen LogP contribution in [0.25, 0.3) is 0 Å². The van der Waals surface area contributed by atoms with Gasteiger partial charge in [0.2, 0.25) is 0 Å². The zero-order chi connectivity index (χ0) is 13.3. The van der Waals surface area contributed by atoms with E-state index in [4.69, 9.17) is 0 Å². The molecular weight excluding hydrogens is 238 g/mol. The van der Waals surface area contributed by atoms with E-state index in [1.807, 2.05) is 6.92 Å². The van der Waals surface area contributed by atoms with Crippen LogP contribution in [0, 0.1) is 5.92 Å². The maximum absolute atomic E-state index is 13.6. The molecule has 2 aliphatic heterocycles. The fraction of sp³-hybridized carbons (Fsp3) is 1.00. The van der Waals surface area contributed by atoms with Crippen molar-refractivity contribution in [3.8, 4) is 0 Å². The molecule has 0 spiro atoms. The Bertz CT molecular complexity index is 280. The monoisotopic (exact) mass is 262 g/mol. The third-order valence-corrected chi connectivity index (χ3v) is 4.40. The van der Waals surface area contributed by atoms with Crippen LogP contribution in [-0.2, 0) is 0 Å². The first kappa shape index (κ1) is 14.2. The third kappa shape index (κ3) is 3.00. The molecule has 0 amide bonds. The highest BCUT2D eigenvalue weighted by atomic mass is 19.3. The number of nitrogens with zero attached hydrogens (tertiary/aromatic N) is 2. The molecule has 2 rings (SSSR count). The van der Waals surface area contributed by atoms with Gasteiger partial charge in [0.25, 0.3) is 5.92 Å². The Morgan fingerprint density at radius 2 is 1.94 bits per heavy atom. The molecule has 2 heterocycles. The Balaban J connectivity index is 2.04. The maximum Gasteiger partial charge on any atom is 0.262 e. The van der Waals surface area contributed by atoms with E-state index in [0.29, 0.717) is 12.3 Å². The van der Waals surface area contributed by atoms with Crippen molar-refractivity contribution in [3.63, 3.8) is 0 Å². The smallest absolute Gasteiger partial charge is 0.262 e. The molecule has 3 nitrogen and oxygen atoms in total. The zero-order valence-corrected chi connectivity index (χ0v) is 11.3. The molecule has 5 heteroatoms. The van der Waals surface area contributed by atoms with Crippen LogP contribution in [-0.4, -0.2) is 59.8 Å². The fourth-order valence-electron chi connectivity index (χ4n) is 3.28. The lowest BCUT2D eigenvalue weighted by atomic mass is 9.87. The second-order valence-corrected chi connectivity index (χ2v) is 5.83. The molecule has 0 aromatic heterocycles. The van der Waals surface area contributed by atoms with E-state index >= 15 is 0 Å². The summed E-state index contributed by atoms with van der Waals surface area (Å²) in [4.78, 5) is 3.88. The molecule has 2 fully saturated rings. The molecule has 0 saturated carbocycles. The topological polar surface area (TPSA) is 26.7 Å². The van der Waals surface area contributed by atoms with Gasteiger partial charge in [-0.1, -0.05) is 6.92 Å². The molecule has 1 unspecified atom stereocenters. The van der Waals surface area contributed by atoms with Gasteiger partial charge in [-0.3, -0.25) is 4.90 Å². The Hall–Kier alpha value is -0.260. The van der Waals surface area contributed by atoms with Crippen LogP contribution < -0.4 is 0 Å². The van der Waals surface area contributed by atoms with Crippen LogP contribution in [0.2, 0.25) is 0 Å². The third-order valence-electron chi connectivity index (χ3n) is 4.40. The van der Waals surface area contributed by atoms with E-state index in [2.05, 4.69) is 11.9 Å². The minimum absolute atomic E-state index is 0.0849. The summed E-state index contributed by atoms with van der Waals surface area (Å²) in [5.41, 5.74) is 0. The van der Waals surface area contributed by atoms with Crippen LogP contribution in [0.5, 0.6) is 0 Å². The van der Waals surface area contributed by atoms with Crippen molar-refractivity contribution in [1.29, 1.82) is 0 Å². The summed E-state index contributed by atoms with van der Waals surface area (Å²) in [6.45, 7) is 3.51. The minimum atomic E-state index is -2.63. The van der Waals surface area contributed by atoms with Crippen LogP contribution in [0.4, 0.5) is 8.78 Å². The van der Waals surface area contributed by atoms with E-state index in [9.17, 15) is 13.9 Å². The van der Waals surface area contributed by atoms with Crippen molar-refractivity contribution >= 4 is 0 Å². The number of hydrogen-bond donors (Lipinski definition) is 1. The quantitative estimate of drug-likeness (QED) is 0.839. The van der Waals surface area contributed by atoms with Gasteiger partial charge in [-0.05, 0) is 45.3 Å². The van der Waals surface area contributed by atoms with Crippen molar-refractivity contribution < 1.29 is 13.9 Å². The number of halogens is 2. The van der Waals surface area contributed by atoms with Gasteiger partial charge in [0.1, 0.15) is 6.23 Å². The van der Waals surface area contributed by atoms with Gasteiger partial charge < -0.3 is 10.0 Å². The van der Waals surface area contributed by atoms with Crippen LogP contribution >= 0.6 is 0 Å². The first-order valence-corrected chi connectivity index (χ1v) is 6.93. The van der Waals surface area contributed by atoms with Crippen LogP contribution in [0.3, 0.4) is 0 Å².